The standard InChI is InChI=1S/C17H19ClO/c18-15-3-1-2-14(7-15)16(19)17-8-11-4-12(9-17)6-13(5-11)10-17/h1-3,7,11-13H,4-6,8-10H2. The number of hydrogen-bond donors (Lipinski definition) is 0. The largest absolute Gasteiger partial charge is 0.294 e. The second-order valence-electron chi connectivity index (χ2n) is 7.04. The van der Waals surface area contributed by atoms with Crippen LogP contribution in [-0.2, 0) is 0 Å². The van der Waals surface area contributed by atoms with E-state index < -0.39 is 0 Å². The highest BCUT2D eigenvalue weighted by molar-refractivity contribution is 6.31. The zero-order chi connectivity index (χ0) is 13.0. The molecule has 0 spiro atoms. The number of Topliss-reactive ketones (excluding diaryl/α,β-unsaturated/α-hetero) is 1. The fourth-order valence-corrected chi connectivity index (χ4v) is 5.51. The lowest BCUT2D eigenvalue weighted by molar-refractivity contribution is -0.0353. The number of halogens is 1. The summed E-state index contributed by atoms with van der Waals surface area (Å²) in [5.74, 6) is 2.81. The van der Waals surface area contributed by atoms with Crippen molar-refractivity contribution in [3.8, 4) is 0 Å². The molecular weight excluding hydrogens is 256 g/mol. The third kappa shape index (κ3) is 1.86. The van der Waals surface area contributed by atoms with Crippen LogP contribution >= 0.6 is 11.6 Å². The summed E-state index contributed by atoms with van der Waals surface area (Å²) in [6.07, 6.45) is 7.52. The maximum absolute atomic E-state index is 13.0. The first-order valence-electron chi connectivity index (χ1n) is 7.45. The van der Waals surface area contributed by atoms with E-state index in [9.17, 15) is 4.79 Å². The summed E-state index contributed by atoms with van der Waals surface area (Å²) in [4.78, 5) is 13.0. The molecule has 4 aliphatic carbocycles. The minimum Gasteiger partial charge on any atom is -0.294 e. The summed E-state index contributed by atoms with van der Waals surface area (Å²) in [5, 5.41) is 0.676. The Morgan fingerprint density at radius 3 is 2.16 bits per heavy atom. The lowest BCUT2D eigenvalue weighted by atomic mass is 9.48. The molecule has 4 fully saturated rings. The second-order valence-corrected chi connectivity index (χ2v) is 7.47. The van der Waals surface area contributed by atoms with Gasteiger partial charge < -0.3 is 0 Å². The number of ketones is 1. The predicted molar refractivity (Wildman–Crippen MR) is 76.4 cm³/mol. The molecular formula is C17H19ClO. The molecule has 2 heteroatoms. The van der Waals surface area contributed by atoms with Crippen LogP contribution in [0, 0.1) is 23.2 Å². The molecule has 0 atom stereocenters. The van der Waals surface area contributed by atoms with Crippen LogP contribution in [0.15, 0.2) is 24.3 Å². The van der Waals surface area contributed by atoms with Crippen LogP contribution in [0.2, 0.25) is 5.02 Å². The molecule has 0 radical (unpaired) electrons. The van der Waals surface area contributed by atoms with Crippen molar-refractivity contribution in [2.45, 2.75) is 38.5 Å². The molecule has 1 nitrogen and oxygen atoms in total. The van der Waals surface area contributed by atoms with Crippen LogP contribution in [0.5, 0.6) is 0 Å². The van der Waals surface area contributed by atoms with Crippen molar-refractivity contribution in [1.29, 1.82) is 0 Å². The molecule has 100 valence electrons. The average molecular weight is 275 g/mol. The number of benzene rings is 1. The van der Waals surface area contributed by atoms with Crippen molar-refractivity contribution in [2.24, 2.45) is 23.2 Å². The Hall–Kier alpha value is -0.820. The Morgan fingerprint density at radius 1 is 1.05 bits per heavy atom. The van der Waals surface area contributed by atoms with Gasteiger partial charge in [0.1, 0.15) is 0 Å². The molecule has 0 aromatic heterocycles. The monoisotopic (exact) mass is 274 g/mol. The number of hydrogen-bond acceptors (Lipinski definition) is 1. The molecule has 0 saturated heterocycles. The van der Waals surface area contributed by atoms with Gasteiger partial charge in [0.25, 0.3) is 0 Å². The van der Waals surface area contributed by atoms with Crippen LogP contribution in [0.1, 0.15) is 48.9 Å². The Bertz CT molecular complexity index is 499. The highest BCUT2D eigenvalue weighted by Gasteiger charge is 2.54. The van der Waals surface area contributed by atoms with E-state index >= 15 is 0 Å². The maximum atomic E-state index is 13.0. The Kier molecular flexibility index (Phi) is 2.57. The van der Waals surface area contributed by atoms with Crippen molar-refractivity contribution in [3.05, 3.63) is 34.9 Å². The van der Waals surface area contributed by atoms with Gasteiger partial charge in [-0.25, -0.2) is 0 Å². The summed E-state index contributed by atoms with van der Waals surface area (Å²) in [7, 11) is 0. The SMILES string of the molecule is O=C(c1cccc(Cl)c1)C12CC3CC(CC(C3)C1)C2. The molecule has 4 aliphatic rings. The van der Waals surface area contributed by atoms with Gasteiger partial charge in [-0.15, -0.1) is 0 Å². The van der Waals surface area contributed by atoms with Gasteiger partial charge >= 0.3 is 0 Å². The Balaban J connectivity index is 1.70. The highest BCUT2D eigenvalue weighted by Crippen LogP contribution is 2.60. The summed E-state index contributed by atoms with van der Waals surface area (Å²) in [6.45, 7) is 0. The zero-order valence-corrected chi connectivity index (χ0v) is 11.8. The van der Waals surface area contributed by atoms with Crippen molar-refractivity contribution in [3.63, 3.8) is 0 Å². The smallest absolute Gasteiger partial charge is 0.169 e. The predicted octanol–water partition coefficient (Wildman–Crippen LogP) is 4.74. The third-order valence-electron chi connectivity index (χ3n) is 5.61. The molecule has 4 bridgehead atoms. The number of rotatable bonds is 2. The summed E-state index contributed by atoms with van der Waals surface area (Å²) in [5.41, 5.74) is 0.786. The van der Waals surface area contributed by atoms with Crippen LogP contribution in [-0.4, -0.2) is 5.78 Å². The van der Waals surface area contributed by atoms with Crippen molar-refractivity contribution in [1.82, 2.24) is 0 Å². The van der Waals surface area contributed by atoms with Crippen LogP contribution in [0.25, 0.3) is 0 Å². The fourth-order valence-electron chi connectivity index (χ4n) is 5.32. The molecule has 0 N–H and O–H groups in total. The molecule has 0 aliphatic heterocycles. The van der Waals surface area contributed by atoms with Crippen LogP contribution in [0.3, 0.4) is 0 Å². The lowest BCUT2D eigenvalue weighted by Gasteiger charge is -2.56. The van der Waals surface area contributed by atoms with Gasteiger partial charge in [0.2, 0.25) is 0 Å². The van der Waals surface area contributed by atoms with E-state index in [0.29, 0.717) is 10.8 Å². The van der Waals surface area contributed by atoms with E-state index in [1.807, 2.05) is 24.3 Å². The van der Waals surface area contributed by atoms with Gasteiger partial charge in [-0.05, 0) is 68.4 Å². The zero-order valence-electron chi connectivity index (χ0n) is 11.1. The van der Waals surface area contributed by atoms with E-state index in [2.05, 4.69) is 0 Å². The molecule has 0 amide bonds. The molecule has 4 saturated carbocycles. The molecule has 19 heavy (non-hydrogen) atoms. The molecule has 5 rings (SSSR count). The maximum Gasteiger partial charge on any atom is 0.169 e. The van der Waals surface area contributed by atoms with E-state index in [0.717, 1.165) is 42.6 Å². The van der Waals surface area contributed by atoms with Crippen LogP contribution in [0.4, 0.5) is 0 Å². The Morgan fingerprint density at radius 2 is 1.63 bits per heavy atom. The normalized spacial score (nSPS) is 39.5. The van der Waals surface area contributed by atoms with Crippen molar-refractivity contribution in [2.75, 3.05) is 0 Å². The summed E-state index contributed by atoms with van der Waals surface area (Å²) >= 11 is 6.04. The third-order valence-corrected chi connectivity index (χ3v) is 5.84. The van der Waals surface area contributed by atoms with E-state index in [4.69, 9.17) is 11.6 Å². The van der Waals surface area contributed by atoms with Gasteiger partial charge in [-0.3, -0.25) is 4.79 Å². The minimum atomic E-state index is -0.0422. The van der Waals surface area contributed by atoms with Crippen molar-refractivity contribution < 1.29 is 4.79 Å². The lowest BCUT2D eigenvalue weighted by Crippen LogP contribution is -2.50. The number of carbonyl (C=O) groups is 1. The summed E-state index contributed by atoms with van der Waals surface area (Å²) in [6, 6.07) is 7.53. The first kappa shape index (κ1) is 12.0. The minimum absolute atomic E-state index is 0.0422. The fraction of sp³-hybridized carbons (Fsp3) is 0.588. The van der Waals surface area contributed by atoms with Gasteiger partial charge in [0.15, 0.2) is 5.78 Å². The van der Waals surface area contributed by atoms with Gasteiger partial charge in [0.05, 0.1) is 0 Å². The van der Waals surface area contributed by atoms with Crippen molar-refractivity contribution >= 4 is 17.4 Å². The van der Waals surface area contributed by atoms with E-state index in [1.165, 1.54) is 19.3 Å². The highest BCUT2D eigenvalue weighted by atomic mass is 35.5. The topological polar surface area (TPSA) is 17.1 Å². The molecule has 0 heterocycles. The molecule has 0 unspecified atom stereocenters. The van der Waals surface area contributed by atoms with Gasteiger partial charge in [-0.1, -0.05) is 23.7 Å². The van der Waals surface area contributed by atoms with E-state index in [1.54, 1.807) is 0 Å². The average Bonchev–Trinajstić information content (AvgIpc) is 2.36. The summed E-state index contributed by atoms with van der Waals surface area (Å²) < 4.78 is 0. The first-order chi connectivity index (χ1) is 9.14. The Labute approximate surface area is 119 Å². The molecule has 1 aromatic carbocycles. The number of carbonyl (C=O) groups excluding carboxylic acids is 1. The van der Waals surface area contributed by atoms with E-state index in [-0.39, 0.29) is 5.41 Å². The van der Waals surface area contributed by atoms with Crippen LogP contribution < -0.4 is 0 Å². The first-order valence-corrected chi connectivity index (χ1v) is 7.83. The quantitative estimate of drug-likeness (QED) is 0.712. The van der Waals surface area contributed by atoms with Gasteiger partial charge in [0, 0.05) is 16.0 Å². The molecule has 1 aromatic rings. The second kappa shape index (κ2) is 4.09. The van der Waals surface area contributed by atoms with Gasteiger partial charge in [-0.2, -0.15) is 0 Å².